The van der Waals surface area contributed by atoms with Gasteiger partial charge in [0, 0.05) is 31.4 Å². The summed E-state index contributed by atoms with van der Waals surface area (Å²) in [5, 5.41) is 0. The lowest BCUT2D eigenvalue weighted by Crippen LogP contribution is -2.42. The van der Waals surface area contributed by atoms with Crippen LogP contribution >= 0.6 is 0 Å². The van der Waals surface area contributed by atoms with Crippen molar-refractivity contribution in [3.63, 3.8) is 0 Å². The second-order valence-corrected chi connectivity index (χ2v) is 7.94. The van der Waals surface area contributed by atoms with Crippen molar-refractivity contribution in [3.8, 4) is 0 Å². The number of hydrogen-bond acceptors (Lipinski definition) is 3. The fourth-order valence-corrected chi connectivity index (χ4v) is 4.30. The molecule has 4 nitrogen and oxygen atoms in total. The number of amides is 1. The van der Waals surface area contributed by atoms with Gasteiger partial charge >= 0.3 is 0 Å². The number of hydrogen-bond donors (Lipinski definition) is 0. The third kappa shape index (κ3) is 3.65. The van der Waals surface area contributed by atoms with Crippen molar-refractivity contribution in [1.82, 2.24) is 14.8 Å². The molecule has 1 aromatic carbocycles. The Hall–Kier alpha value is -2.20. The molecular weight excluding hydrogens is 322 g/mol. The first-order chi connectivity index (χ1) is 12.6. The number of piperidine rings is 1. The van der Waals surface area contributed by atoms with Crippen molar-refractivity contribution in [3.05, 3.63) is 65.5 Å². The topological polar surface area (TPSA) is 36.4 Å². The molecule has 4 rings (SSSR count). The minimum atomic E-state index is 0.192. The first kappa shape index (κ1) is 17.2. The molecule has 2 saturated heterocycles. The molecule has 2 aliphatic heterocycles. The van der Waals surface area contributed by atoms with Gasteiger partial charge in [-0.2, -0.15) is 0 Å². The summed E-state index contributed by atoms with van der Waals surface area (Å²) in [6, 6.07) is 14.1. The van der Waals surface area contributed by atoms with Gasteiger partial charge in [0.25, 0.3) is 5.91 Å². The van der Waals surface area contributed by atoms with E-state index >= 15 is 0 Å². The van der Waals surface area contributed by atoms with Crippen molar-refractivity contribution >= 4 is 5.91 Å². The molecule has 0 bridgehead atoms. The smallest absolute Gasteiger partial charge is 0.253 e. The number of aromatic nitrogens is 1. The number of carbonyl (C=O) groups excluding carboxylic acids is 1. The number of pyridine rings is 1. The third-order valence-corrected chi connectivity index (χ3v) is 6.05. The molecule has 136 valence electrons. The Labute approximate surface area is 155 Å². The standard InChI is InChI=1S/C22H27N3O/c1-18-5-7-19(8-6-18)21(26)25-15-11-22(17-25)9-13-24(14-10-22)16-20-4-2-3-12-23-20/h2-8,12H,9-11,13-17H2,1H3. The molecule has 0 radical (unpaired) electrons. The average molecular weight is 349 g/mol. The molecule has 0 unspecified atom stereocenters. The van der Waals surface area contributed by atoms with Gasteiger partial charge in [0.2, 0.25) is 0 Å². The van der Waals surface area contributed by atoms with E-state index in [-0.39, 0.29) is 5.91 Å². The van der Waals surface area contributed by atoms with Gasteiger partial charge in [0.15, 0.2) is 0 Å². The molecule has 2 aromatic rings. The third-order valence-electron chi connectivity index (χ3n) is 6.05. The molecule has 0 saturated carbocycles. The van der Waals surface area contributed by atoms with Crippen LogP contribution in [0, 0.1) is 12.3 Å². The van der Waals surface area contributed by atoms with Crippen LogP contribution in [0.5, 0.6) is 0 Å². The lowest BCUT2D eigenvalue weighted by atomic mass is 9.78. The van der Waals surface area contributed by atoms with Crippen molar-refractivity contribution in [2.24, 2.45) is 5.41 Å². The Morgan fingerprint density at radius 3 is 2.46 bits per heavy atom. The summed E-state index contributed by atoms with van der Waals surface area (Å²) in [5.74, 6) is 0.192. The van der Waals surface area contributed by atoms with Crippen molar-refractivity contribution < 1.29 is 4.79 Å². The van der Waals surface area contributed by atoms with Gasteiger partial charge in [-0.25, -0.2) is 0 Å². The van der Waals surface area contributed by atoms with Crippen LogP contribution in [0.4, 0.5) is 0 Å². The lowest BCUT2D eigenvalue weighted by Gasteiger charge is -2.39. The summed E-state index contributed by atoms with van der Waals surface area (Å²) in [6.07, 6.45) is 5.36. The fourth-order valence-electron chi connectivity index (χ4n) is 4.30. The molecule has 2 aliphatic rings. The molecule has 0 N–H and O–H groups in total. The van der Waals surface area contributed by atoms with E-state index in [4.69, 9.17) is 0 Å². The number of carbonyl (C=O) groups is 1. The number of likely N-dealkylation sites (tertiary alicyclic amines) is 2. The van der Waals surface area contributed by atoms with Gasteiger partial charge in [-0.05, 0) is 69.0 Å². The summed E-state index contributed by atoms with van der Waals surface area (Å²) in [6.45, 7) is 7.00. The molecule has 0 atom stereocenters. The predicted molar refractivity (Wildman–Crippen MR) is 103 cm³/mol. The molecule has 1 amide bonds. The normalized spacial score (nSPS) is 19.8. The molecular formula is C22H27N3O. The predicted octanol–water partition coefficient (Wildman–Crippen LogP) is 3.52. The van der Waals surface area contributed by atoms with Crippen molar-refractivity contribution in [2.75, 3.05) is 26.2 Å². The minimum Gasteiger partial charge on any atom is -0.338 e. The monoisotopic (exact) mass is 349 g/mol. The summed E-state index contributed by atoms with van der Waals surface area (Å²) in [4.78, 5) is 21.8. The molecule has 4 heteroatoms. The Bertz CT molecular complexity index is 749. The van der Waals surface area contributed by atoms with Crippen molar-refractivity contribution in [2.45, 2.75) is 32.7 Å². The Morgan fingerprint density at radius 2 is 1.77 bits per heavy atom. The van der Waals surface area contributed by atoms with Crippen LogP contribution in [0.2, 0.25) is 0 Å². The van der Waals surface area contributed by atoms with E-state index < -0.39 is 0 Å². The van der Waals surface area contributed by atoms with E-state index in [2.05, 4.69) is 33.8 Å². The van der Waals surface area contributed by atoms with Gasteiger partial charge in [0.1, 0.15) is 0 Å². The average Bonchev–Trinajstić information content (AvgIpc) is 3.09. The number of nitrogens with zero attached hydrogens (tertiary/aromatic N) is 3. The quantitative estimate of drug-likeness (QED) is 0.851. The first-order valence-corrected chi connectivity index (χ1v) is 9.62. The van der Waals surface area contributed by atoms with E-state index in [0.29, 0.717) is 5.41 Å². The molecule has 1 spiro atoms. The molecule has 0 aliphatic carbocycles. The largest absolute Gasteiger partial charge is 0.338 e. The summed E-state index contributed by atoms with van der Waals surface area (Å²) in [7, 11) is 0. The lowest BCUT2D eigenvalue weighted by molar-refractivity contribution is 0.0712. The zero-order valence-corrected chi connectivity index (χ0v) is 15.5. The highest BCUT2D eigenvalue weighted by Gasteiger charge is 2.42. The van der Waals surface area contributed by atoms with E-state index in [1.807, 2.05) is 36.5 Å². The van der Waals surface area contributed by atoms with Crippen LogP contribution in [-0.2, 0) is 6.54 Å². The molecule has 26 heavy (non-hydrogen) atoms. The van der Waals surface area contributed by atoms with Crippen LogP contribution in [0.3, 0.4) is 0 Å². The van der Waals surface area contributed by atoms with Crippen LogP contribution in [-0.4, -0.2) is 46.9 Å². The number of benzene rings is 1. The Morgan fingerprint density at radius 1 is 1.04 bits per heavy atom. The highest BCUT2D eigenvalue weighted by Crippen LogP contribution is 2.41. The van der Waals surface area contributed by atoms with Crippen LogP contribution < -0.4 is 0 Å². The number of aryl methyl sites for hydroxylation is 1. The van der Waals surface area contributed by atoms with E-state index in [1.165, 1.54) is 18.4 Å². The van der Waals surface area contributed by atoms with Gasteiger partial charge in [0.05, 0.1) is 5.69 Å². The zero-order valence-electron chi connectivity index (χ0n) is 15.5. The van der Waals surface area contributed by atoms with Gasteiger partial charge in [-0.3, -0.25) is 14.7 Å². The van der Waals surface area contributed by atoms with E-state index in [1.54, 1.807) is 0 Å². The maximum absolute atomic E-state index is 12.8. The number of rotatable bonds is 3. The first-order valence-electron chi connectivity index (χ1n) is 9.62. The highest BCUT2D eigenvalue weighted by molar-refractivity contribution is 5.94. The summed E-state index contributed by atoms with van der Waals surface area (Å²) >= 11 is 0. The molecule has 2 fully saturated rings. The Kier molecular flexibility index (Phi) is 4.77. The van der Waals surface area contributed by atoms with E-state index in [9.17, 15) is 4.79 Å². The second kappa shape index (κ2) is 7.20. The Balaban J connectivity index is 1.34. The van der Waals surface area contributed by atoms with Gasteiger partial charge < -0.3 is 4.90 Å². The highest BCUT2D eigenvalue weighted by atomic mass is 16.2. The maximum Gasteiger partial charge on any atom is 0.253 e. The van der Waals surface area contributed by atoms with Crippen LogP contribution in [0.1, 0.15) is 40.9 Å². The van der Waals surface area contributed by atoms with Gasteiger partial charge in [-0.1, -0.05) is 23.8 Å². The molecule has 3 heterocycles. The molecule has 1 aromatic heterocycles. The minimum absolute atomic E-state index is 0.192. The fraction of sp³-hybridized carbons (Fsp3) is 0.455. The summed E-state index contributed by atoms with van der Waals surface area (Å²) in [5.41, 5.74) is 3.48. The van der Waals surface area contributed by atoms with Gasteiger partial charge in [-0.15, -0.1) is 0 Å². The van der Waals surface area contributed by atoms with Crippen LogP contribution in [0.25, 0.3) is 0 Å². The SMILES string of the molecule is Cc1ccc(C(=O)N2CCC3(CCN(Cc4ccccn4)CC3)C2)cc1. The summed E-state index contributed by atoms with van der Waals surface area (Å²) < 4.78 is 0. The zero-order chi connectivity index (χ0) is 18.0. The van der Waals surface area contributed by atoms with E-state index in [0.717, 1.165) is 50.4 Å². The second-order valence-electron chi connectivity index (χ2n) is 7.94. The maximum atomic E-state index is 12.8. The van der Waals surface area contributed by atoms with Crippen LogP contribution in [0.15, 0.2) is 48.7 Å². The van der Waals surface area contributed by atoms with Crippen molar-refractivity contribution in [1.29, 1.82) is 0 Å².